The molecule has 2 aromatic rings. The highest BCUT2D eigenvalue weighted by atomic mass is 32.1. The van der Waals surface area contributed by atoms with E-state index in [1.165, 1.54) is 35.4 Å². The van der Waals surface area contributed by atoms with Gasteiger partial charge in [0, 0.05) is 35.3 Å². The Balaban J connectivity index is 1.44. The van der Waals surface area contributed by atoms with Crippen LogP contribution >= 0.6 is 22.7 Å². The van der Waals surface area contributed by atoms with Crippen LogP contribution in [0.2, 0.25) is 0 Å². The monoisotopic (exact) mass is 304 g/mol. The fourth-order valence-corrected chi connectivity index (χ4v) is 3.01. The molecular weight excluding hydrogens is 284 g/mol. The molecule has 0 bridgehead atoms. The Labute approximate surface area is 128 Å². The van der Waals surface area contributed by atoms with Crippen LogP contribution in [0.1, 0.15) is 35.4 Å². The second kappa shape index (κ2) is 9.61. The molecule has 0 fully saturated rings. The SMILES string of the molecule is C(=NCCCCCCN=Cc1cccs1)c1cccs1. The van der Waals surface area contributed by atoms with E-state index in [-0.39, 0.29) is 0 Å². The number of aliphatic imine (C=N–C) groups is 2. The highest BCUT2D eigenvalue weighted by molar-refractivity contribution is 7.12. The van der Waals surface area contributed by atoms with Gasteiger partial charge in [-0.05, 0) is 35.7 Å². The lowest BCUT2D eigenvalue weighted by molar-refractivity contribution is 0.655. The van der Waals surface area contributed by atoms with E-state index >= 15 is 0 Å². The number of hydrogen-bond acceptors (Lipinski definition) is 4. The van der Waals surface area contributed by atoms with Crippen LogP contribution in [0.15, 0.2) is 45.0 Å². The maximum Gasteiger partial charge on any atom is 0.0448 e. The Morgan fingerprint density at radius 1 is 0.750 bits per heavy atom. The second-order valence-electron chi connectivity index (χ2n) is 4.52. The van der Waals surface area contributed by atoms with Gasteiger partial charge >= 0.3 is 0 Å². The van der Waals surface area contributed by atoms with Crippen LogP contribution in [0.4, 0.5) is 0 Å². The van der Waals surface area contributed by atoms with Gasteiger partial charge in [-0.25, -0.2) is 0 Å². The molecule has 0 spiro atoms. The normalized spacial score (nSPS) is 11.8. The summed E-state index contributed by atoms with van der Waals surface area (Å²) in [6.45, 7) is 1.88. The molecule has 0 saturated carbocycles. The first-order valence-electron chi connectivity index (χ1n) is 7.02. The van der Waals surface area contributed by atoms with Crippen LogP contribution in [0, 0.1) is 0 Å². The van der Waals surface area contributed by atoms with Gasteiger partial charge in [0.2, 0.25) is 0 Å². The Kier molecular flexibility index (Phi) is 7.28. The second-order valence-corrected chi connectivity index (χ2v) is 6.47. The predicted octanol–water partition coefficient (Wildman–Crippen LogP) is 4.91. The van der Waals surface area contributed by atoms with Crippen LogP contribution in [0.25, 0.3) is 0 Å². The molecule has 0 saturated heterocycles. The van der Waals surface area contributed by atoms with Crippen molar-refractivity contribution in [3.8, 4) is 0 Å². The molecular formula is C16H20N2S2. The lowest BCUT2D eigenvalue weighted by Crippen LogP contribution is -1.87. The minimum absolute atomic E-state index is 0.941. The molecule has 4 heteroatoms. The Morgan fingerprint density at radius 3 is 1.65 bits per heavy atom. The molecule has 0 N–H and O–H groups in total. The van der Waals surface area contributed by atoms with Crippen molar-refractivity contribution in [1.29, 1.82) is 0 Å². The average molecular weight is 304 g/mol. The zero-order valence-corrected chi connectivity index (χ0v) is 13.2. The van der Waals surface area contributed by atoms with E-state index in [4.69, 9.17) is 0 Å². The van der Waals surface area contributed by atoms with E-state index < -0.39 is 0 Å². The third kappa shape index (κ3) is 6.26. The molecule has 0 amide bonds. The molecule has 0 unspecified atom stereocenters. The van der Waals surface area contributed by atoms with E-state index in [0.29, 0.717) is 0 Å². The fourth-order valence-electron chi connectivity index (χ4n) is 1.80. The first kappa shape index (κ1) is 15.1. The van der Waals surface area contributed by atoms with Crippen molar-refractivity contribution in [1.82, 2.24) is 0 Å². The first-order chi connectivity index (χ1) is 9.95. The Morgan fingerprint density at radius 2 is 1.25 bits per heavy atom. The topological polar surface area (TPSA) is 24.7 Å². The van der Waals surface area contributed by atoms with Crippen molar-refractivity contribution in [3.05, 3.63) is 44.8 Å². The van der Waals surface area contributed by atoms with Crippen molar-refractivity contribution >= 4 is 35.1 Å². The maximum absolute atomic E-state index is 4.44. The lowest BCUT2D eigenvalue weighted by Gasteiger charge is -1.96. The Hall–Kier alpha value is -1.26. The quantitative estimate of drug-likeness (QED) is 0.464. The number of hydrogen-bond donors (Lipinski definition) is 0. The summed E-state index contributed by atoms with van der Waals surface area (Å²) in [7, 11) is 0. The van der Waals surface area contributed by atoms with Crippen molar-refractivity contribution in [2.24, 2.45) is 9.98 Å². The van der Waals surface area contributed by atoms with Gasteiger partial charge in [0.1, 0.15) is 0 Å². The summed E-state index contributed by atoms with van der Waals surface area (Å²) in [6.07, 6.45) is 8.81. The van der Waals surface area contributed by atoms with Crippen molar-refractivity contribution in [2.45, 2.75) is 25.7 Å². The molecule has 106 valence electrons. The number of unbranched alkanes of at least 4 members (excludes halogenated alkanes) is 3. The van der Waals surface area contributed by atoms with Gasteiger partial charge in [0.15, 0.2) is 0 Å². The molecule has 0 atom stereocenters. The fraction of sp³-hybridized carbons (Fsp3) is 0.375. The van der Waals surface area contributed by atoms with Gasteiger partial charge in [0.25, 0.3) is 0 Å². The highest BCUT2D eigenvalue weighted by Gasteiger charge is 1.90. The van der Waals surface area contributed by atoms with Gasteiger partial charge in [-0.2, -0.15) is 0 Å². The van der Waals surface area contributed by atoms with E-state index in [2.05, 4.69) is 45.0 Å². The Bertz CT molecular complexity index is 450. The first-order valence-corrected chi connectivity index (χ1v) is 8.78. The van der Waals surface area contributed by atoms with Gasteiger partial charge in [-0.15, -0.1) is 22.7 Å². The summed E-state index contributed by atoms with van der Waals surface area (Å²) < 4.78 is 0. The van der Waals surface area contributed by atoms with Crippen LogP contribution in [-0.4, -0.2) is 25.5 Å². The molecule has 2 nitrogen and oxygen atoms in total. The van der Waals surface area contributed by atoms with Crippen LogP contribution < -0.4 is 0 Å². The van der Waals surface area contributed by atoms with Gasteiger partial charge in [0.05, 0.1) is 0 Å². The molecule has 2 heterocycles. The lowest BCUT2D eigenvalue weighted by atomic mass is 10.2. The van der Waals surface area contributed by atoms with Gasteiger partial charge in [-0.1, -0.05) is 25.0 Å². The van der Waals surface area contributed by atoms with Crippen molar-refractivity contribution in [3.63, 3.8) is 0 Å². The molecule has 0 aliphatic heterocycles. The number of thiophene rings is 2. The molecule has 0 aliphatic carbocycles. The molecule has 20 heavy (non-hydrogen) atoms. The number of nitrogens with zero attached hydrogens (tertiary/aromatic N) is 2. The van der Waals surface area contributed by atoms with Crippen LogP contribution in [0.5, 0.6) is 0 Å². The summed E-state index contributed by atoms with van der Waals surface area (Å²) >= 11 is 3.47. The maximum atomic E-state index is 4.44. The molecule has 0 radical (unpaired) electrons. The van der Waals surface area contributed by atoms with E-state index in [9.17, 15) is 0 Å². The minimum Gasteiger partial charge on any atom is -0.292 e. The minimum atomic E-state index is 0.941. The predicted molar refractivity (Wildman–Crippen MR) is 92.0 cm³/mol. The average Bonchev–Trinajstić information content (AvgIpc) is 3.14. The highest BCUT2D eigenvalue weighted by Crippen LogP contribution is 2.06. The zero-order valence-electron chi connectivity index (χ0n) is 11.6. The summed E-state index contributed by atoms with van der Waals surface area (Å²) in [6, 6.07) is 8.31. The third-order valence-corrected chi connectivity index (χ3v) is 4.46. The molecule has 0 aliphatic rings. The van der Waals surface area contributed by atoms with E-state index in [1.807, 2.05) is 12.4 Å². The van der Waals surface area contributed by atoms with Gasteiger partial charge in [-0.3, -0.25) is 9.98 Å². The number of rotatable bonds is 9. The van der Waals surface area contributed by atoms with E-state index in [0.717, 1.165) is 13.1 Å². The summed E-state index contributed by atoms with van der Waals surface area (Å²) in [5.74, 6) is 0. The van der Waals surface area contributed by atoms with E-state index in [1.54, 1.807) is 22.7 Å². The smallest absolute Gasteiger partial charge is 0.0448 e. The summed E-state index contributed by atoms with van der Waals surface area (Å²) in [4.78, 5) is 11.4. The molecule has 0 aromatic carbocycles. The van der Waals surface area contributed by atoms with Crippen LogP contribution in [0.3, 0.4) is 0 Å². The third-order valence-electron chi connectivity index (χ3n) is 2.85. The standard InChI is InChI=1S/C16H20N2S2/c1(3-9-17-13-15-7-5-11-19-15)2-4-10-18-14-16-8-6-12-20-16/h5-8,11-14H,1-4,9-10H2. The van der Waals surface area contributed by atoms with Crippen molar-refractivity contribution in [2.75, 3.05) is 13.1 Å². The molecule has 2 rings (SSSR count). The van der Waals surface area contributed by atoms with Crippen LogP contribution in [-0.2, 0) is 0 Å². The molecule has 2 aromatic heterocycles. The zero-order chi connectivity index (χ0) is 13.9. The summed E-state index contributed by atoms with van der Waals surface area (Å²) in [5, 5.41) is 4.16. The van der Waals surface area contributed by atoms with Crippen molar-refractivity contribution < 1.29 is 0 Å². The van der Waals surface area contributed by atoms with Gasteiger partial charge < -0.3 is 0 Å². The largest absolute Gasteiger partial charge is 0.292 e. The summed E-state index contributed by atoms with van der Waals surface area (Å²) in [5.41, 5.74) is 0.